The molecule has 35 heavy (non-hydrogen) atoms. The van der Waals surface area contributed by atoms with Crippen LogP contribution in [0, 0.1) is 0 Å². The van der Waals surface area contributed by atoms with Gasteiger partial charge in [0.25, 0.3) is 0 Å². The van der Waals surface area contributed by atoms with E-state index in [1.807, 2.05) is 24.3 Å². The second-order valence-electron chi connectivity index (χ2n) is 9.09. The summed E-state index contributed by atoms with van der Waals surface area (Å²) in [5.74, 6) is 1.86. The quantitative estimate of drug-likeness (QED) is 0.348. The molecule has 0 bridgehead atoms. The van der Waals surface area contributed by atoms with Crippen LogP contribution in [-0.4, -0.2) is 18.6 Å². The summed E-state index contributed by atoms with van der Waals surface area (Å²) < 4.78 is 11.9. The third kappa shape index (κ3) is 4.07. The molecule has 0 unspecified atom stereocenters. The lowest BCUT2D eigenvalue weighted by molar-refractivity contribution is -0.692. The van der Waals surface area contributed by atoms with Crippen molar-refractivity contribution >= 4 is 10.9 Å². The predicted molar refractivity (Wildman–Crippen MR) is 139 cm³/mol. The number of ether oxygens (including phenoxy) is 2. The molecule has 4 aromatic carbocycles. The Hall–Kier alpha value is -4.02. The van der Waals surface area contributed by atoms with Gasteiger partial charge in [-0.2, -0.15) is 0 Å². The molecular weight excluding hydrogens is 432 g/mol. The van der Waals surface area contributed by atoms with Crippen LogP contribution in [0.4, 0.5) is 0 Å². The van der Waals surface area contributed by atoms with E-state index in [0.29, 0.717) is 12.5 Å². The maximum Gasteiger partial charge on any atom is 0.162 e. The SMILES string of the molecule is COc1ccc([C@@H]2[NH2+]C[C@@H](c3ccccc3)c3c2[nH]c2ccccc32)cc1OCc1ccccc1. The number of quaternary nitrogens is 1. The number of aromatic amines is 1. The number of methoxy groups -OCH3 is 1. The number of benzene rings is 4. The van der Waals surface area contributed by atoms with Gasteiger partial charge in [0.15, 0.2) is 17.5 Å². The molecule has 0 saturated carbocycles. The molecule has 2 heterocycles. The Bertz CT molecular complexity index is 1440. The topological polar surface area (TPSA) is 50.9 Å². The summed E-state index contributed by atoms with van der Waals surface area (Å²) in [4.78, 5) is 3.77. The van der Waals surface area contributed by atoms with Crippen molar-refractivity contribution in [3.05, 3.63) is 131 Å². The zero-order valence-electron chi connectivity index (χ0n) is 19.8. The molecule has 174 valence electrons. The third-order valence-electron chi connectivity index (χ3n) is 7.03. The molecule has 5 aromatic rings. The number of nitrogens with one attached hydrogen (secondary N) is 1. The molecule has 0 aliphatic carbocycles. The van der Waals surface area contributed by atoms with E-state index in [0.717, 1.165) is 23.6 Å². The molecule has 3 N–H and O–H groups in total. The van der Waals surface area contributed by atoms with E-state index in [2.05, 4.69) is 89.2 Å². The first-order chi connectivity index (χ1) is 17.3. The Kier molecular flexibility index (Phi) is 5.73. The molecule has 4 nitrogen and oxygen atoms in total. The molecule has 0 radical (unpaired) electrons. The lowest BCUT2D eigenvalue weighted by Gasteiger charge is -2.28. The van der Waals surface area contributed by atoms with Crippen molar-refractivity contribution in [2.24, 2.45) is 0 Å². The maximum absolute atomic E-state index is 6.23. The Balaban J connectivity index is 1.40. The van der Waals surface area contributed by atoms with Crippen LogP contribution in [0.15, 0.2) is 103 Å². The van der Waals surface area contributed by atoms with Crippen LogP contribution in [0.2, 0.25) is 0 Å². The van der Waals surface area contributed by atoms with Gasteiger partial charge in [-0.15, -0.1) is 0 Å². The number of hydrogen-bond acceptors (Lipinski definition) is 2. The lowest BCUT2D eigenvalue weighted by atomic mass is 9.83. The van der Waals surface area contributed by atoms with E-state index in [1.54, 1.807) is 7.11 Å². The van der Waals surface area contributed by atoms with Crippen molar-refractivity contribution in [2.45, 2.75) is 18.6 Å². The third-order valence-corrected chi connectivity index (χ3v) is 7.03. The Morgan fingerprint density at radius 1 is 0.800 bits per heavy atom. The van der Waals surface area contributed by atoms with Crippen molar-refractivity contribution in [1.82, 2.24) is 4.98 Å². The van der Waals surface area contributed by atoms with Crippen LogP contribution in [0.3, 0.4) is 0 Å². The molecule has 6 rings (SSSR count). The van der Waals surface area contributed by atoms with Crippen LogP contribution in [0.25, 0.3) is 10.9 Å². The first kappa shape index (κ1) is 21.5. The number of nitrogens with two attached hydrogens (primary N) is 1. The van der Waals surface area contributed by atoms with Gasteiger partial charge in [0, 0.05) is 22.0 Å². The van der Waals surface area contributed by atoms with E-state index >= 15 is 0 Å². The summed E-state index contributed by atoms with van der Waals surface area (Å²) in [6, 6.07) is 36.2. The molecule has 1 aliphatic heterocycles. The molecule has 1 aromatic heterocycles. The molecule has 0 saturated heterocycles. The van der Waals surface area contributed by atoms with Gasteiger partial charge >= 0.3 is 0 Å². The number of fused-ring (bicyclic) bond motifs is 3. The van der Waals surface area contributed by atoms with E-state index in [1.165, 1.54) is 33.3 Å². The first-order valence-corrected chi connectivity index (χ1v) is 12.2. The molecule has 1 aliphatic rings. The summed E-state index contributed by atoms with van der Waals surface area (Å²) in [6.07, 6.45) is 0. The summed E-state index contributed by atoms with van der Waals surface area (Å²) >= 11 is 0. The highest BCUT2D eigenvalue weighted by atomic mass is 16.5. The van der Waals surface area contributed by atoms with Gasteiger partial charge in [0.1, 0.15) is 6.61 Å². The molecule has 0 fully saturated rings. The number of aromatic nitrogens is 1. The van der Waals surface area contributed by atoms with E-state index in [-0.39, 0.29) is 6.04 Å². The van der Waals surface area contributed by atoms with Gasteiger partial charge in [0.2, 0.25) is 0 Å². The van der Waals surface area contributed by atoms with E-state index in [9.17, 15) is 0 Å². The lowest BCUT2D eigenvalue weighted by Crippen LogP contribution is -2.88. The Morgan fingerprint density at radius 2 is 1.54 bits per heavy atom. The van der Waals surface area contributed by atoms with Crippen LogP contribution in [0.1, 0.15) is 39.9 Å². The van der Waals surface area contributed by atoms with Crippen molar-refractivity contribution in [3.63, 3.8) is 0 Å². The van der Waals surface area contributed by atoms with Gasteiger partial charge in [-0.05, 0) is 35.4 Å². The predicted octanol–water partition coefficient (Wildman–Crippen LogP) is 5.55. The summed E-state index contributed by atoms with van der Waals surface area (Å²) in [6.45, 7) is 1.48. The van der Waals surface area contributed by atoms with Crippen molar-refractivity contribution in [3.8, 4) is 11.5 Å². The Labute approximate surface area is 205 Å². The minimum absolute atomic E-state index is 0.155. The first-order valence-electron chi connectivity index (χ1n) is 12.2. The number of hydrogen-bond donors (Lipinski definition) is 2. The fourth-order valence-electron chi connectivity index (χ4n) is 5.34. The normalized spacial score (nSPS) is 17.2. The van der Waals surface area contributed by atoms with Gasteiger partial charge in [0.05, 0.1) is 25.3 Å². The second-order valence-corrected chi connectivity index (χ2v) is 9.09. The zero-order valence-corrected chi connectivity index (χ0v) is 19.8. The average Bonchev–Trinajstić information content (AvgIpc) is 3.32. The highest BCUT2D eigenvalue weighted by Crippen LogP contribution is 2.40. The molecule has 0 amide bonds. The summed E-state index contributed by atoms with van der Waals surface area (Å²) in [7, 11) is 1.69. The van der Waals surface area contributed by atoms with E-state index < -0.39 is 0 Å². The smallest absolute Gasteiger partial charge is 0.162 e. The molecule has 0 spiro atoms. The van der Waals surface area contributed by atoms with Crippen molar-refractivity contribution < 1.29 is 14.8 Å². The molecular formula is C31H29N2O2+. The fraction of sp³-hybridized carbons (Fsp3) is 0.161. The van der Waals surface area contributed by atoms with Gasteiger partial charge < -0.3 is 19.8 Å². The number of rotatable bonds is 6. The highest BCUT2D eigenvalue weighted by molar-refractivity contribution is 5.86. The van der Waals surface area contributed by atoms with Gasteiger partial charge in [-0.1, -0.05) is 78.9 Å². The van der Waals surface area contributed by atoms with E-state index in [4.69, 9.17) is 9.47 Å². The summed E-state index contributed by atoms with van der Waals surface area (Å²) in [5.41, 5.74) is 7.55. The van der Waals surface area contributed by atoms with Crippen LogP contribution in [0.5, 0.6) is 11.5 Å². The highest BCUT2D eigenvalue weighted by Gasteiger charge is 2.35. The number of H-pyrrole nitrogens is 1. The largest absolute Gasteiger partial charge is 0.493 e. The van der Waals surface area contributed by atoms with Crippen LogP contribution >= 0.6 is 0 Å². The number of para-hydroxylation sites is 1. The molecule has 4 heteroatoms. The van der Waals surface area contributed by atoms with Gasteiger partial charge in [-0.25, -0.2) is 0 Å². The minimum Gasteiger partial charge on any atom is -0.493 e. The van der Waals surface area contributed by atoms with Crippen LogP contribution < -0.4 is 14.8 Å². The van der Waals surface area contributed by atoms with Gasteiger partial charge in [-0.3, -0.25) is 0 Å². The van der Waals surface area contributed by atoms with Crippen molar-refractivity contribution in [2.75, 3.05) is 13.7 Å². The maximum atomic E-state index is 6.23. The second kappa shape index (κ2) is 9.32. The monoisotopic (exact) mass is 461 g/mol. The fourth-order valence-corrected chi connectivity index (χ4v) is 5.34. The average molecular weight is 462 g/mol. The summed E-state index contributed by atoms with van der Waals surface area (Å²) in [5, 5.41) is 3.75. The minimum atomic E-state index is 0.155. The van der Waals surface area contributed by atoms with Crippen molar-refractivity contribution in [1.29, 1.82) is 0 Å². The standard InChI is InChI=1S/C31H28N2O2/c1-34-27-17-16-23(18-28(27)35-20-21-10-4-2-5-11-21)30-31-29(24-14-8-9-15-26(24)33-31)25(19-32-30)22-12-6-3-7-13-22/h2-18,25,30,32-33H,19-20H2,1H3/p+1/t25-,30-/m0/s1. The molecule has 2 atom stereocenters. The zero-order chi connectivity index (χ0) is 23.6. The van der Waals surface area contributed by atoms with Crippen LogP contribution in [-0.2, 0) is 6.61 Å². The Morgan fingerprint density at radius 3 is 2.34 bits per heavy atom.